The second-order valence-electron chi connectivity index (χ2n) is 7.81. The van der Waals surface area contributed by atoms with Gasteiger partial charge in [-0.15, -0.1) is 0 Å². The van der Waals surface area contributed by atoms with E-state index in [9.17, 15) is 28.8 Å². The molecule has 2 atom stereocenters. The highest BCUT2D eigenvalue weighted by atomic mass is 16.5. The van der Waals surface area contributed by atoms with Crippen molar-refractivity contribution in [1.29, 1.82) is 0 Å². The fourth-order valence-corrected chi connectivity index (χ4v) is 4.16. The normalized spacial score (nSPS) is 17.9. The molecule has 0 bridgehead atoms. The van der Waals surface area contributed by atoms with E-state index < -0.39 is 41.4 Å². The van der Waals surface area contributed by atoms with Crippen LogP contribution in [-0.2, 0) is 28.7 Å². The highest BCUT2D eigenvalue weighted by Gasteiger charge is 2.41. The van der Waals surface area contributed by atoms with Crippen molar-refractivity contribution in [3.05, 3.63) is 32.6 Å². The van der Waals surface area contributed by atoms with Crippen LogP contribution < -0.4 is 11.2 Å². The first-order valence-corrected chi connectivity index (χ1v) is 11.0. The summed E-state index contributed by atoms with van der Waals surface area (Å²) in [5.74, 6) is -2.52. The van der Waals surface area contributed by atoms with Gasteiger partial charge in [0, 0.05) is 37.7 Å². The Hall–Kier alpha value is -3.44. The Kier molecular flexibility index (Phi) is 7.34. The molecule has 180 valence electrons. The lowest BCUT2D eigenvalue weighted by atomic mass is 10.3. The molecule has 2 aliphatic rings. The zero-order valence-electron chi connectivity index (χ0n) is 18.9. The molecule has 33 heavy (non-hydrogen) atoms. The molecule has 0 saturated carbocycles. The zero-order valence-corrected chi connectivity index (χ0v) is 18.9. The first kappa shape index (κ1) is 24.2. The number of aryl methyl sites for hydroxylation is 1. The molecule has 2 amide bonds. The second-order valence-corrected chi connectivity index (χ2v) is 7.81. The molecule has 3 rings (SSSR count). The van der Waals surface area contributed by atoms with Crippen LogP contribution in [0.3, 0.4) is 0 Å². The molecule has 12 heteroatoms. The van der Waals surface area contributed by atoms with Crippen LogP contribution in [0.2, 0.25) is 0 Å². The number of carbonyl (C=O) groups excluding carboxylic acids is 4. The van der Waals surface area contributed by atoms with Crippen molar-refractivity contribution in [2.24, 2.45) is 0 Å². The van der Waals surface area contributed by atoms with E-state index in [1.54, 1.807) is 13.8 Å². The maximum atomic E-state index is 13.6. The molecule has 2 saturated heterocycles. The number of rotatable bonds is 8. The Bertz CT molecular complexity index is 1080. The number of likely N-dealkylation sites (tertiary alicyclic amines) is 2. The van der Waals surface area contributed by atoms with E-state index in [-0.39, 0.29) is 50.6 Å². The SMILES string of the molecule is CCOC(=O)C(N1CCCC1=O)n1cc(C)c(=O)n(C(C(=O)OCC)N2CCCC2=O)c1=O. The summed E-state index contributed by atoms with van der Waals surface area (Å²) in [5.41, 5.74) is -1.79. The molecule has 2 aliphatic heterocycles. The van der Waals surface area contributed by atoms with Gasteiger partial charge >= 0.3 is 17.6 Å². The predicted molar refractivity (Wildman–Crippen MR) is 113 cm³/mol. The Morgan fingerprint density at radius 2 is 1.36 bits per heavy atom. The Labute approximate surface area is 189 Å². The Balaban J connectivity index is 2.23. The first-order chi connectivity index (χ1) is 15.7. The minimum absolute atomic E-state index is 0.0124. The fraction of sp³-hybridized carbons (Fsp3) is 0.619. The monoisotopic (exact) mass is 464 g/mol. The van der Waals surface area contributed by atoms with Crippen LogP contribution in [0.5, 0.6) is 0 Å². The van der Waals surface area contributed by atoms with E-state index in [4.69, 9.17) is 9.47 Å². The van der Waals surface area contributed by atoms with Crippen LogP contribution in [0.15, 0.2) is 15.8 Å². The lowest BCUT2D eigenvalue weighted by molar-refractivity contribution is -0.159. The summed E-state index contributed by atoms with van der Waals surface area (Å²) in [6.07, 6.45) is -0.580. The molecule has 3 heterocycles. The largest absolute Gasteiger partial charge is 0.463 e. The van der Waals surface area contributed by atoms with Crippen molar-refractivity contribution >= 4 is 23.8 Å². The molecule has 0 aliphatic carbocycles. The minimum Gasteiger partial charge on any atom is -0.463 e. The van der Waals surface area contributed by atoms with Crippen LogP contribution in [0.1, 0.15) is 57.4 Å². The molecular weight excluding hydrogens is 436 g/mol. The summed E-state index contributed by atoms with van der Waals surface area (Å²) in [4.78, 5) is 79.6. The van der Waals surface area contributed by atoms with Gasteiger partial charge in [0.25, 0.3) is 5.56 Å². The number of nitrogens with zero attached hydrogens (tertiary/aromatic N) is 4. The van der Waals surface area contributed by atoms with Crippen molar-refractivity contribution in [2.75, 3.05) is 26.3 Å². The van der Waals surface area contributed by atoms with Gasteiger partial charge in [-0.05, 0) is 33.6 Å². The van der Waals surface area contributed by atoms with Gasteiger partial charge in [0.15, 0.2) is 0 Å². The summed E-state index contributed by atoms with van der Waals surface area (Å²) in [6.45, 7) is 4.93. The van der Waals surface area contributed by atoms with Gasteiger partial charge in [-0.25, -0.2) is 19.0 Å². The lowest BCUT2D eigenvalue weighted by Gasteiger charge is -2.31. The standard InChI is InChI=1S/C21H28N4O8/c1-4-32-19(29)16(22-10-6-8-14(22)26)24-12-13(3)18(28)25(21(24)31)17(20(30)33-5-2)23-11-7-9-15(23)27/h12,16-17H,4-11H2,1-3H3. The number of amides is 2. The number of esters is 2. The minimum atomic E-state index is -1.62. The third-order valence-corrected chi connectivity index (χ3v) is 5.63. The van der Waals surface area contributed by atoms with Gasteiger partial charge in [-0.3, -0.25) is 19.0 Å². The number of ether oxygens (including phenoxy) is 2. The molecule has 12 nitrogen and oxygen atoms in total. The van der Waals surface area contributed by atoms with Crippen LogP contribution in [-0.4, -0.2) is 69.0 Å². The maximum absolute atomic E-state index is 13.6. The molecule has 1 aromatic heterocycles. The predicted octanol–water partition coefficient (Wildman–Crippen LogP) is -0.313. The van der Waals surface area contributed by atoms with Crippen molar-refractivity contribution in [2.45, 2.75) is 58.8 Å². The van der Waals surface area contributed by atoms with Gasteiger partial charge in [0.2, 0.25) is 24.1 Å². The average molecular weight is 464 g/mol. The fourth-order valence-electron chi connectivity index (χ4n) is 4.16. The number of carbonyl (C=O) groups is 4. The lowest BCUT2D eigenvalue weighted by Crippen LogP contribution is -2.54. The third kappa shape index (κ3) is 4.55. The first-order valence-electron chi connectivity index (χ1n) is 11.0. The third-order valence-electron chi connectivity index (χ3n) is 5.63. The van der Waals surface area contributed by atoms with Gasteiger partial charge in [0.1, 0.15) is 0 Å². The van der Waals surface area contributed by atoms with Crippen LogP contribution in [0, 0.1) is 6.92 Å². The molecule has 1 aromatic rings. The van der Waals surface area contributed by atoms with Crippen LogP contribution >= 0.6 is 0 Å². The Morgan fingerprint density at radius 1 is 0.879 bits per heavy atom. The van der Waals surface area contributed by atoms with E-state index in [2.05, 4.69) is 0 Å². The quantitative estimate of drug-likeness (QED) is 0.478. The average Bonchev–Trinajstić information content (AvgIpc) is 3.38. The van der Waals surface area contributed by atoms with Crippen molar-refractivity contribution in [3.63, 3.8) is 0 Å². The summed E-state index contributed by atoms with van der Waals surface area (Å²) in [7, 11) is 0. The van der Waals surface area contributed by atoms with E-state index in [0.717, 1.165) is 9.47 Å². The molecule has 0 spiro atoms. The van der Waals surface area contributed by atoms with Gasteiger partial charge in [-0.2, -0.15) is 0 Å². The van der Waals surface area contributed by atoms with Gasteiger partial charge in [-0.1, -0.05) is 0 Å². The molecular formula is C21H28N4O8. The summed E-state index contributed by atoms with van der Waals surface area (Å²) in [5, 5.41) is 0. The number of hydrogen-bond donors (Lipinski definition) is 0. The van der Waals surface area contributed by atoms with Gasteiger partial charge in [0.05, 0.1) is 13.2 Å². The molecule has 0 radical (unpaired) electrons. The zero-order chi connectivity index (χ0) is 24.3. The maximum Gasteiger partial charge on any atom is 0.350 e. The van der Waals surface area contributed by atoms with E-state index in [1.165, 1.54) is 18.0 Å². The smallest absolute Gasteiger partial charge is 0.350 e. The number of hydrogen-bond acceptors (Lipinski definition) is 8. The topological polar surface area (TPSA) is 137 Å². The second kappa shape index (κ2) is 10.0. The van der Waals surface area contributed by atoms with Crippen molar-refractivity contribution in [3.8, 4) is 0 Å². The van der Waals surface area contributed by atoms with E-state index in [1.807, 2.05) is 0 Å². The summed E-state index contributed by atoms with van der Waals surface area (Å²) >= 11 is 0. The molecule has 0 N–H and O–H groups in total. The van der Waals surface area contributed by atoms with Crippen LogP contribution in [0.25, 0.3) is 0 Å². The number of aromatic nitrogens is 2. The summed E-state index contributed by atoms with van der Waals surface area (Å²) in [6, 6.07) is 0. The highest BCUT2D eigenvalue weighted by Crippen LogP contribution is 2.24. The highest BCUT2D eigenvalue weighted by molar-refractivity contribution is 5.85. The molecule has 2 fully saturated rings. The van der Waals surface area contributed by atoms with Crippen LogP contribution in [0.4, 0.5) is 0 Å². The van der Waals surface area contributed by atoms with E-state index >= 15 is 0 Å². The van der Waals surface area contributed by atoms with E-state index in [0.29, 0.717) is 17.4 Å². The Morgan fingerprint density at radius 3 is 1.82 bits per heavy atom. The summed E-state index contributed by atoms with van der Waals surface area (Å²) < 4.78 is 11.7. The molecule has 0 aromatic carbocycles. The van der Waals surface area contributed by atoms with Crippen molar-refractivity contribution in [1.82, 2.24) is 18.9 Å². The molecule has 2 unspecified atom stereocenters. The van der Waals surface area contributed by atoms with Crippen molar-refractivity contribution < 1.29 is 28.7 Å². The van der Waals surface area contributed by atoms with Gasteiger partial charge < -0.3 is 19.3 Å².